The number of benzene rings is 2. The monoisotopic (exact) mass is 414 g/mol. The highest BCUT2D eigenvalue weighted by Gasteiger charge is 2.27. The molecule has 0 radical (unpaired) electrons. The van der Waals surface area contributed by atoms with E-state index in [1.54, 1.807) is 0 Å². The number of aryl methyl sites for hydroxylation is 1. The van der Waals surface area contributed by atoms with Crippen molar-refractivity contribution >= 4 is 11.7 Å². The molecule has 0 N–H and O–H groups in total. The minimum absolute atomic E-state index is 0.0736. The van der Waals surface area contributed by atoms with Gasteiger partial charge in [0.1, 0.15) is 5.82 Å². The summed E-state index contributed by atoms with van der Waals surface area (Å²) < 4.78 is 0. The Balaban J connectivity index is 1.67. The molecule has 5 heteroatoms. The van der Waals surface area contributed by atoms with Gasteiger partial charge in [0.05, 0.1) is 12.2 Å². The lowest BCUT2D eigenvalue weighted by Crippen LogP contribution is -2.38. The molecule has 3 aromatic rings. The maximum absolute atomic E-state index is 13.2. The maximum atomic E-state index is 13.2. The number of amides is 1. The van der Waals surface area contributed by atoms with Crippen LogP contribution in [0.15, 0.2) is 54.6 Å². The molecule has 160 valence electrons. The van der Waals surface area contributed by atoms with Gasteiger partial charge in [-0.2, -0.15) is 0 Å². The molecule has 2 heterocycles. The lowest BCUT2D eigenvalue weighted by Gasteiger charge is -2.32. The highest BCUT2D eigenvalue weighted by Crippen LogP contribution is 2.30. The minimum Gasteiger partial charge on any atom is -0.359 e. The fourth-order valence-corrected chi connectivity index (χ4v) is 4.11. The lowest BCUT2D eigenvalue weighted by atomic mass is 10.0. The fourth-order valence-electron chi connectivity index (χ4n) is 4.11. The van der Waals surface area contributed by atoms with Crippen LogP contribution in [-0.4, -0.2) is 40.9 Å². The topological polar surface area (TPSA) is 49.3 Å². The quantitative estimate of drug-likeness (QED) is 0.584. The summed E-state index contributed by atoms with van der Waals surface area (Å²) in [5.74, 6) is 1.77. The Kier molecular flexibility index (Phi) is 6.31. The maximum Gasteiger partial charge on any atom is 0.254 e. The fraction of sp³-hybridized carbons (Fsp3) is 0.346. The number of anilines is 1. The Morgan fingerprint density at radius 2 is 1.77 bits per heavy atom. The number of carbonyl (C=O) groups excluding carboxylic acids is 1. The van der Waals surface area contributed by atoms with Gasteiger partial charge in [-0.05, 0) is 30.5 Å². The molecule has 0 saturated carbocycles. The van der Waals surface area contributed by atoms with Gasteiger partial charge in [-0.15, -0.1) is 0 Å². The Morgan fingerprint density at radius 1 is 1.03 bits per heavy atom. The molecule has 0 bridgehead atoms. The van der Waals surface area contributed by atoms with Gasteiger partial charge < -0.3 is 9.80 Å². The van der Waals surface area contributed by atoms with Crippen molar-refractivity contribution in [1.82, 2.24) is 14.9 Å². The summed E-state index contributed by atoms with van der Waals surface area (Å²) in [6.45, 7) is 6.41. The van der Waals surface area contributed by atoms with Crippen LogP contribution in [-0.2, 0) is 19.4 Å². The van der Waals surface area contributed by atoms with E-state index < -0.39 is 0 Å². The van der Waals surface area contributed by atoms with E-state index in [-0.39, 0.29) is 5.91 Å². The first-order chi connectivity index (χ1) is 15.1. The van der Waals surface area contributed by atoms with Gasteiger partial charge in [0.2, 0.25) is 0 Å². The van der Waals surface area contributed by atoms with Crippen LogP contribution in [0.2, 0.25) is 0 Å². The van der Waals surface area contributed by atoms with Gasteiger partial charge in [-0.3, -0.25) is 4.79 Å². The Labute approximate surface area is 184 Å². The summed E-state index contributed by atoms with van der Waals surface area (Å²) in [4.78, 5) is 27.1. The van der Waals surface area contributed by atoms with Crippen LogP contribution in [0, 0.1) is 0 Å². The van der Waals surface area contributed by atoms with E-state index in [4.69, 9.17) is 9.97 Å². The van der Waals surface area contributed by atoms with Gasteiger partial charge in [-0.1, -0.05) is 56.3 Å². The number of carbonyl (C=O) groups is 1. The number of aromatic nitrogens is 2. The van der Waals surface area contributed by atoms with E-state index in [0.717, 1.165) is 59.8 Å². The molecule has 4 rings (SSSR count). The number of hydrogen-bond donors (Lipinski definition) is 0. The molecule has 2 aromatic carbocycles. The Morgan fingerprint density at radius 3 is 2.45 bits per heavy atom. The molecule has 1 aliphatic heterocycles. The highest BCUT2D eigenvalue weighted by atomic mass is 16.2. The first-order valence-electron chi connectivity index (χ1n) is 11.1. The van der Waals surface area contributed by atoms with Crippen LogP contribution in [0.4, 0.5) is 5.82 Å². The van der Waals surface area contributed by atoms with Crippen molar-refractivity contribution in [1.29, 1.82) is 0 Å². The van der Waals surface area contributed by atoms with Gasteiger partial charge in [0.15, 0.2) is 5.82 Å². The number of rotatable bonds is 6. The number of fused-ring (bicyclic) bond motifs is 1. The van der Waals surface area contributed by atoms with Crippen LogP contribution in [0.3, 0.4) is 0 Å². The zero-order valence-corrected chi connectivity index (χ0v) is 18.6. The zero-order chi connectivity index (χ0) is 21.8. The average Bonchev–Trinajstić information content (AvgIpc) is 2.83. The van der Waals surface area contributed by atoms with E-state index >= 15 is 0 Å². The molecule has 0 spiro atoms. The van der Waals surface area contributed by atoms with Crippen molar-refractivity contribution in [2.24, 2.45) is 0 Å². The SMILES string of the molecule is CCCN(C)c1nc(-c2ccccc2)nc2c1CN(C(=O)c1ccc(CC)cc1)CC2. The molecule has 5 nitrogen and oxygen atoms in total. The van der Waals surface area contributed by atoms with Gasteiger partial charge in [-0.25, -0.2) is 9.97 Å². The summed E-state index contributed by atoms with van der Waals surface area (Å²) in [5, 5.41) is 0. The van der Waals surface area contributed by atoms with Crippen LogP contribution in [0.1, 0.15) is 47.4 Å². The molecule has 0 fully saturated rings. The summed E-state index contributed by atoms with van der Waals surface area (Å²) in [5.41, 5.74) is 5.13. The van der Waals surface area contributed by atoms with Crippen LogP contribution in [0.5, 0.6) is 0 Å². The average molecular weight is 415 g/mol. The molecule has 0 aliphatic carbocycles. The van der Waals surface area contributed by atoms with Crippen molar-refractivity contribution < 1.29 is 4.79 Å². The van der Waals surface area contributed by atoms with Crippen molar-refractivity contribution in [3.8, 4) is 11.4 Å². The van der Waals surface area contributed by atoms with Gasteiger partial charge in [0, 0.05) is 43.2 Å². The summed E-state index contributed by atoms with van der Waals surface area (Å²) in [6.07, 6.45) is 2.74. The summed E-state index contributed by atoms with van der Waals surface area (Å²) in [6, 6.07) is 18.1. The van der Waals surface area contributed by atoms with Crippen molar-refractivity contribution in [2.75, 3.05) is 25.0 Å². The zero-order valence-electron chi connectivity index (χ0n) is 18.6. The van der Waals surface area contributed by atoms with Gasteiger partial charge >= 0.3 is 0 Å². The first-order valence-corrected chi connectivity index (χ1v) is 11.1. The standard InChI is InChI=1S/C26H30N4O/c1-4-16-29(3)25-22-18-30(26(31)21-13-11-19(5-2)12-14-21)17-15-23(22)27-24(28-25)20-9-7-6-8-10-20/h6-14H,4-5,15-18H2,1-3H3. The van der Waals surface area contributed by atoms with Crippen LogP contribution in [0.25, 0.3) is 11.4 Å². The molecule has 1 amide bonds. The van der Waals surface area contributed by atoms with E-state index in [1.807, 2.05) is 59.5 Å². The van der Waals surface area contributed by atoms with E-state index in [0.29, 0.717) is 13.1 Å². The normalized spacial score (nSPS) is 13.1. The Bertz CT molecular complexity index is 1050. The summed E-state index contributed by atoms with van der Waals surface area (Å²) in [7, 11) is 2.07. The third-order valence-electron chi connectivity index (χ3n) is 5.89. The third kappa shape index (κ3) is 4.46. The molecule has 0 atom stereocenters. The number of hydrogen-bond acceptors (Lipinski definition) is 4. The second-order valence-corrected chi connectivity index (χ2v) is 8.11. The predicted octanol–water partition coefficient (Wildman–Crippen LogP) is 4.75. The van der Waals surface area contributed by atoms with E-state index in [9.17, 15) is 4.79 Å². The first kappa shape index (κ1) is 21.0. The van der Waals surface area contributed by atoms with Crippen molar-refractivity contribution in [3.63, 3.8) is 0 Å². The summed E-state index contributed by atoms with van der Waals surface area (Å²) >= 11 is 0. The molecule has 0 saturated heterocycles. The van der Waals surface area contributed by atoms with E-state index in [2.05, 4.69) is 25.8 Å². The number of nitrogens with zero attached hydrogens (tertiary/aromatic N) is 4. The predicted molar refractivity (Wildman–Crippen MR) is 125 cm³/mol. The molecule has 31 heavy (non-hydrogen) atoms. The Hall–Kier alpha value is -3.21. The largest absolute Gasteiger partial charge is 0.359 e. The molecule has 0 unspecified atom stereocenters. The smallest absolute Gasteiger partial charge is 0.254 e. The molecular weight excluding hydrogens is 384 g/mol. The van der Waals surface area contributed by atoms with Crippen LogP contribution < -0.4 is 4.90 Å². The lowest BCUT2D eigenvalue weighted by molar-refractivity contribution is 0.0733. The van der Waals surface area contributed by atoms with Crippen molar-refractivity contribution in [3.05, 3.63) is 77.0 Å². The minimum atomic E-state index is 0.0736. The second kappa shape index (κ2) is 9.29. The van der Waals surface area contributed by atoms with E-state index in [1.165, 1.54) is 5.56 Å². The molecule has 1 aromatic heterocycles. The molecule has 1 aliphatic rings. The van der Waals surface area contributed by atoms with Crippen molar-refractivity contribution in [2.45, 2.75) is 39.7 Å². The third-order valence-corrected chi connectivity index (χ3v) is 5.89. The van der Waals surface area contributed by atoms with Crippen LogP contribution >= 0.6 is 0 Å². The van der Waals surface area contributed by atoms with Gasteiger partial charge in [0.25, 0.3) is 5.91 Å². The molecular formula is C26H30N4O. The highest BCUT2D eigenvalue weighted by molar-refractivity contribution is 5.94. The second-order valence-electron chi connectivity index (χ2n) is 8.11.